The average Bonchev–Trinajstić information content (AvgIpc) is 3.10. The number of Topliss-reactive ketones (excluding diaryl/α,β-unsaturated/α-hetero) is 1. The van der Waals surface area contributed by atoms with E-state index in [0.717, 1.165) is 5.69 Å². The van der Waals surface area contributed by atoms with Crippen LogP contribution in [0.2, 0.25) is 5.02 Å². The molecule has 1 amide bonds. The van der Waals surface area contributed by atoms with Gasteiger partial charge in [-0.15, -0.1) is 0 Å². The molecule has 2 aliphatic heterocycles. The first-order chi connectivity index (χ1) is 16.0. The second kappa shape index (κ2) is 8.26. The predicted octanol–water partition coefficient (Wildman–Crippen LogP) is 4.19. The van der Waals surface area contributed by atoms with Gasteiger partial charge in [0.05, 0.1) is 23.8 Å². The summed E-state index contributed by atoms with van der Waals surface area (Å²) in [5.74, 6) is -1.08. The molecule has 3 aromatic rings. The van der Waals surface area contributed by atoms with E-state index in [0.29, 0.717) is 40.7 Å². The molecular weight excluding hydrogens is 442 g/mol. The van der Waals surface area contributed by atoms with Crippen molar-refractivity contribution in [2.75, 3.05) is 30.0 Å². The lowest BCUT2D eigenvalue weighted by Gasteiger charge is -2.28. The molecule has 0 bridgehead atoms. The van der Waals surface area contributed by atoms with Crippen LogP contribution in [0.3, 0.4) is 0 Å². The second-order valence-electron chi connectivity index (χ2n) is 7.89. The molecule has 33 heavy (non-hydrogen) atoms. The van der Waals surface area contributed by atoms with Gasteiger partial charge in [0, 0.05) is 35.7 Å². The Morgan fingerprint density at radius 2 is 2.00 bits per heavy atom. The molecule has 2 aromatic carbocycles. The van der Waals surface area contributed by atoms with Gasteiger partial charge in [0.1, 0.15) is 18.1 Å². The highest BCUT2D eigenvalue weighted by Gasteiger charge is 2.47. The number of halogens is 1. The summed E-state index contributed by atoms with van der Waals surface area (Å²) in [6.07, 6.45) is 3.18. The number of nitrogens with zero attached hydrogens (tertiary/aromatic N) is 3. The first-order valence-electron chi connectivity index (χ1n) is 10.4. The molecule has 1 atom stereocenters. The predicted molar refractivity (Wildman–Crippen MR) is 126 cm³/mol. The van der Waals surface area contributed by atoms with Crippen molar-refractivity contribution in [2.45, 2.75) is 6.04 Å². The standard InChI is InChI=1S/C25H20ClN3O4/c1-28-10-11-33-20-8-7-15(12-19(20)28)23(30)21-22(16-4-3-9-27-14-16)29(25(32)24(21)31)18-6-2-5-17(26)13-18/h2-9,12-14,22,30H,10-11H2,1H3/b23-21-. The van der Waals surface area contributed by atoms with Gasteiger partial charge in [-0.05, 0) is 48.0 Å². The zero-order chi connectivity index (χ0) is 23.1. The summed E-state index contributed by atoms with van der Waals surface area (Å²) in [5, 5.41) is 11.7. The quantitative estimate of drug-likeness (QED) is 0.358. The fraction of sp³-hybridized carbons (Fsp3) is 0.160. The van der Waals surface area contributed by atoms with Gasteiger partial charge in [0.15, 0.2) is 0 Å². The Labute approximate surface area is 195 Å². The summed E-state index contributed by atoms with van der Waals surface area (Å²) in [6.45, 7) is 1.27. The number of hydrogen-bond donors (Lipinski definition) is 1. The Hall–Kier alpha value is -3.84. The van der Waals surface area contributed by atoms with E-state index in [1.165, 1.54) is 4.90 Å². The minimum absolute atomic E-state index is 0.00712. The van der Waals surface area contributed by atoms with Gasteiger partial charge in [0.2, 0.25) is 0 Å². The number of amides is 1. The molecule has 1 N–H and O–H groups in total. The van der Waals surface area contributed by atoms with Gasteiger partial charge in [-0.3, -0.25) is 19.5 Å². The lowest BCUT2D eigenvalue weighted by atomic mass is 9.95. The van der Waals surface area contributed by atoms with Gasteiger partial charge in [-0.25, -0.2) is 0 Å². The van der Waals surface area contributed by atoms with E-state index in [-0.39, 0.29) is 11.3 Å². The van der Waals surface area contributed by atoms with Crippen LogP contribution in [0, 0.1) is 0 Å². The van der Waals surface area contributed by atoms with Gasteiger partial charge in [-0.1, -0.05) is 23.7 Å². The number of aromatic nitrogens is 1. The number of ether oxygens (including phenoxy) is 1. The van der Waals surface area contributed by atoms with Crippen LogP contribution in [-0.2, 0) is 9.59 Å². The van der Waals surface area contributed by atoms with Crippen LogP contribution in [0.25, 0.3) is 5.76 Å². The number of rotatable bonds is 3. The number of anilines is 2. The minimum Gasteiger partial charge on any atom is -0.507 e. The van der Waals surface area contributed by atoms with Gasteiger partial charge in [-0.2, -0.15) is 0 Å². The maximum atomic E-state index is 13.2. The van der Waals surface area contributed by atoms with Crippen molar-refractivity contribution in [3.05, 3.63) is 88.7 Å². The number of aliphatic hydroxyl groups excluding tert-OH is 1. The maximum absolute atomic E-state index is 13.2. The van der Waals surface area contributed by atoms with E-state index in [2.05, 4.69) is 4.98 Å². The van der Waals surface area contributed by atoms with Gasteiger partial charge in [0.25, 0.3) is 11.7 Å². The number of aliphatic hydroxyl groups is 1. The molecule has 1 aromatic heterocycles. The molecule has 8 heteroatoms. The van der Waals surface area contributed by atoms with Crippen molar-refractivity contribution in [3.63, 3.8) is 0 Å². The molecule has 166 valence electrons. The molecule has 1 unspecified atom stereocenters. The van der Waals surface area contributed by atoms with E-state index < -0.39 is 17.7 Å². The Morgan fingerprint density at radius 1 is 1.15 bits per heavy atom. The van der Waals surface area contributed by atoms with Crippen molar-refractivity contribution in [2.24, 2.45) is 0 Å². The van der Waals surface area contributed by atoms with Crippen molar-refractivity contribution in [1.29, 1.82) is 0 Å². The van der Waals surface area contributed by atoms with Crippen LogP contribution >= 0.6 is 11.6 Å². The summed E-state index contributed by atoms with van der Waals surface area (Å²) in [4.78, 5) is 33.9. The Morgan fingerprint density at radius 3 is 2.76 bits per heavy atom. The highest BCUT2D eigenvalue weighted by Crippen LogP contribution is 2.43. The maximum Gasteiger partial charge on any atom is 0.300 e. The molecule has 5 rings (SSSR count). The Bertz CT molecular complexity index is 1290. The van der Waals surface area contributed by atoms with Crippen LogP contribution in [0.4, 0.5) is 11.4 Å². The van der Waals surface area contributed by atoms with Gasteiger partial charge >= 0.3 is 0 Å². The third-order valence-corrected chi connectivity index (χ3v) is 6.09. The Balaban J connectivity index is 1.70. The van der Waals surface area contributed by atoms with E-state index in [1.807, 2.05) is 11.9 Å². The third kappa shape index (κ3) is 3.60. The molecule has 0 spiro atoms. The Kier molecular flexibility index (Phi) is 5.26. The van der Waals surface area contributed by atoms with Crippen LogP contribution in [-0.4, -0.2) is 42.0 Å². The topological polar surface area (TPSA) is 83.0 Å². The van der Waals surface area contributed by atoms with Crippen LogP contribution < -0.4 is 14.5 Å². The van der Waals surface area contributed by atoms with E-state index in [1.54, 1.807) is 67.0 Å². The zero-order valence-electron chi connectivity index (χ0n) is 17.7. The van der Waals surface area contributed by atoms with Gasteiger partial charge < -0.3 is 14.7 Å². The molecule has 1 fully saturated rings. The normalized spacial score (nSPS) is 19.4. The number of fused-ring (bicyclic) bond motifs is 1. The summed E-state index contributed by atoms with van der Waals surface area (Å²) < 4.78 is 5.68. The first-order valence-corrected chi connectivity index (χ1v) is 10.8. The molecule has 1 saturated heterocycles. The SMILES string of the molecule is CN1CCOc2ccc(/C(O)=C3/C(=O)C(=O)N(c4cccc(Cl)c4)C3c3cccnc3)cc21. The highest BCUT2D eigenvalue weighted by molar-refractivity contribution is 6.51. The fourth-order valence-electron chi connectivity index (χ4n) is 4.23. The van der Waals surface area contributed by atoms with Crippen LogP contribution in [0.15, 0.2) is 72.6 Å². The number of likely N-dealkylation sites (N-methyl/N-ethyl adjacent to an activating group) is 1. The highest BCUT2D eigenvalue weighted by atomic mass is 35.5. The molecule has 3 heterocycles. The van der Waals surface area contributed by atoms with Crippen molar-refractivity contribution in [3.8, 4) is 5.75 Å². The monoisotopic (exact) mass is 461 g/mol. The summed E-state index contributed by atoms with van der Waals surface area (Å²) in [7, 11) is 1.93. The van der Waals surface area contributed by atoms with E-state index in [9.17, 15) is 14.7 Å². The average molecular weight is 462 g/mol. The molecular formula is C25H20ClN3O4. The van der Waals surface area contributed by atoms with Crippen molar-refractivity contribution >= 4 is 40.4 Å². The van der Waals surface area contributed by atoms with E-state index in [4.69, 9.17) is 16.3 Å². The fourth-order valence-corrected chi connectivity index (χ4v) is 4.42. The van der Waals surface area contributed by atoms with E-state index >= 15 is 0 Å². The molecule has 0 radical (unpaired) electrons. The van der Waals surface area contributed by atoms with Crippen molar-refractivity contribution in [1.82, 2.24) is 4.98 Å². The number of carbonyl (C=O) groups excluding carboxylic acids is 2. The lowest BCUT2D eigenvalue weighted by Crippen LogP contribution is -2.29. The van der Waals surface area contributed by atoms with Crippen molar-refractivity contribution < 1.29 is 19.4 Å². The lowest BCUT2D eigenvalue weighted by molar-refractivity contribution is -0.132. The molecule has 7 nitrogen and oxygen atoms in total. The van der Waals surface area contributed by atoms with Crippen LogP contribution in [0.1, 0.15) is 17.2 Å². The molecule has 0 aliphatic carbocycles. The summed E-state index contributed by atoms with van der Waals surface area (Å²) in [6, 6.07) is 14.5. The number of pyridine rings is 1. The first kappa shape index (κ1) is 21.0. The second-order valence-corrected chi connectivity index (χ2v) is 8.32. The smallest absolute Gasteiger partial charge is 0.300 e. The number of ketones is 1. The molecule has 0 saturated carbocycles. The molecule has 2 aliphatic rings. The zero-order valence-corrected chi connectivity index (χ0v) is 18.5. The number of carbonyl (C=O) groups is 2. The number of hydrogen-bond acceptors (Lipinski definition) is 6. The number of benzene rings is 2. The minimum atomic E-state index is -0.859. The summed E-state index contributed by atoms with van der Waals surface area (Å²) in [5.41, 5.74) is 2.26. The third-order valence-electron chi connectivity index (χ3n) is 5.86. The largest absolute Gasteiger partial charge is 0.507 e. The van der Waals surface area contributed by atoms with Crippen LogP contribution in [0.5, 0.6) is 5.75 Å². The summed E-state index contributed by atoms with van der Waals surface area (Å²) >= 11 is 6.16.